The van der Waals surface area contributed by atoms with E-state index in [9.17, 15) is 14.4 Å². The predicted octanol–water partition coefficient (Wildman–Crippen LogP) is 20.4. The van der Waals surface area contributed by atoms with Gasteiger partial charge in [-0.1, -0.05) is 261 Å². The number of esters is 3. The van der Waals surface area contributed by atoms with Crippen molar-refractivity contribution < 1.29 is 28.6 Å². The zero-order valence-corrected chi connectivity index (χ0v) is 46.5. The molecule has 406 valence electrons. The highest BCUT2D eigenvalue weighted by atomic mass is 16.6. The first kappa shape index (κ1) is 67.1. The van der Waals surface area contributed by atoms with Crippen molar-refractivity contribution in [3.8, 4) is 0 Å². The Morgan fingerprint density at radius 2 is 0.514 bits per heavy atom. The van der Waals surface area contributed by atoms with Gasteiger partial charge in [0.2, 0.25) is 0 Å². The first-order valence-corrected chi connectivity index (χ1v) is 30.3. The molecule has 0 rings (SSSR count). The molecule has 0 fully saturated rings. The van der Waals surface area contributed by atoms with Crippen molar-refractivity contribution in [2.75, 3.05) is 13.2 Å². The lowest BCUT2D eigenvalue weighted by molar-refractivity contribution is -0.167. The molecule has 0 radical (unpaired) electrons. The fourth-order valence-electron chi connectivity index (χ4n) is 8.66. The van der Waals surface area contributed by atoms with Crippen LogP contribution in [0, 0.1) is 0 Å². The molecule has 6 nitrogen and oxygen atoms in total. The Balaban J connectivity index is 4.41. The summed E-state index contributed by atoms with van der Waals surface area (Å²) in [5.41, 5.74) is 0. The molecule has 0 unspecified atom stereocenters. The Morgan fingerprint density at radius 3 is 0.857 bits per heavy atom. The molecule has 0 aromatic rings. The molecular weight excluding hydrogens is 865 g/mol. The quantitative estimate of drug-likeness (QED) is 0.0261. The Morgan fingerprint density at radius 1 is 0.286 bits per heavy atom. The van der Waals surface area contributed by atoms with Crippen LogP contribution >= 0.6 is 0 Å². The van der Waals surface area contributed by atoms with Crippen molar-refractivity contribution in [2.45, 2.75) is 316 Å². The van der Waals surface area contributed by atoms with Crippen molar-refractivity contribution in [2.24, 2.45) is 0 Å². The number of hydrogen-bond acceptors (Lipinski definition) is 6. The molecule has 0 saturated carbocycles. The Kier molecular flexibility index (Phi) is 56.3. The molecule has 0 amide bonds. The minimum atomic E-state index is -0.787. The van der Waals surface area contributed by atoms with Crippen LogP contribution in [0.5, 0.6) is 0 Å². The molecule has 0 saturated heterocycles. The van der Waals surface area contributed by atoms with Gasteiger partial charge in [-0.2, -0.15) is 0 Å². The minimum absolute atomic E-state index is 0.0823. The van der Waals surface area contributed by atoms with E-state index in [0.29, 0.717) is 19.3 Å². The monoisotopic (exact) mass is 979 g/mol. The van der Waals surface area contributed by atoms with Crippen LogP contribution in [0.2, 0.25) is 0 Å². The largest absolute Gasteiger partial charge is 0.462 e. The van der Waals surface area contributed by atoms with Gasteiger partial charge >= 0.3 is 17.9 Å². The number of unbranched alkanes of at least 4 members (excludes halogenated alkanes) is 34. The SMILES string of the molecule is CCCCC/C=C\C/C=C\C/C=C\C/C=C\CCCCCC(=O)OC[C@@H](COC(=O)CCCCCCCCCCCCCCCC)OC(=O)CCCCCCCCCCC/C=C\CCCCCCCC. The third-order valence-electron chi connectivity index (χ3n) is 13.2. The summed E-state index contributed by atoms with van der Waals surface area (Å²) < 4.78 is 16.9. The van der Waals surface area contributed by atoms with E-state index in [1.54, 1.807) is 0 Å². The summed E-state index contributed by atoms with van der Waals surface area (Å²) in [5.74, 6) is -0.902. The fraction of sp³-hybridized carbons (Fsp3) is 0.797. The molecule has 0 bridgehead atoms. The number of allylic oxidation sites excluding steroid dienone is 10. The summed E-state index contributed by atoms with van der Waals surface area (Å²) in [6, 6.07) is 0. The lowest BCUT2D eigenvalue weighted by Gasteiger charge is -2.18. The highest BCUT2D eigenvalue weighted by molar-refractivity contribution is 5.71. The van der Waals surface area contributed by atoms with Crippen molar-refractivity contribution >= 4 is 17.9 Å². The van der Waals surface area contributed by atoms with Crippen LogP contribution in [0.1, 0.15) is 310 Å². The van der Waals surface area contributed by atoms with Gasteiger partial charge in [-0.15, -0.1) is 0 Å². The van der Waals surface area contributed by atoms with Crippen LogP contribution in [0.15, 0.2) is 60.8 Å². The fourth-order valence-corrected chi connectivity index (χ4v) is 8.66. The maximum absolute atomic E-state index is 12.9. The number of carbonyl (C=O) groups excluding carboxylic acids is 3. The van der Waals surface area contributed by atoms with Gasteiger partial charge in [0.25, 0.3) is 0 Å². The maximum Gasteiger partial charge on any atom is 0.306 e. The lowest BCUT2D eigenvalue weighted by Crippen LogP contribution is -2.30. The van der Waals surface area contributed by atoms with Crippen LogP contribution < -0.4 is 0 Å². The van der Waals surface area contributed by atoms with E-state index in [0.717, 1.165) is 83.5 Å². The second kappa shape index (κ2) is 58.7. The first-order valence-electron chi connectivity index (χ1n) is 30.3. The van der Waals surface area contributed by atoms with E-state index in [2.05, 4.69) is 81.5 Å². The van der Waals surface area contributed by atoms with E-state index in [1.807, 2.05) is 0 Å². The first-order chi connectivity index (χ1) is 34.5. The van der Waals surface area contributed by atoms with Gasteiger partial charge in [0.05, 0.1) is 0 Å². The van der Waals surface area contributed by atoms with Gasteiger partial charge in [-0.3, -0.25) is 14.4 Å². The van der Waals surface area contributed by atoms with Crippen molar-refractivity contribution in [3.63, 3.8) is 0 Å². The highest BCUT2D eigenvalue weighted by Gasteiger charge is 2.19. The van der Waals surface area contributed by atoms with Crippen LogP contribution in [-0.2, 0) is 28.6 Å². The molecule has 0 aromatic heterocycles. The van der Waals surface area contributed by atoms with Crippen molar-refractivity contribution in [1.29, 1.82) is 0 Å². The summed E-state index contributed by atoms with van der Waals surface area (Å²) in [6.45, 7) is 6.61. The Bertz CT molecular complexity index is 1260. The molecule has 0 aromatic carbocycles. The lowest BCUT2D eigenvalue weighted by atomic mass is 10.0. The van der Waals surface area contributed by atoms with E-state index in [-0.39, 0.29) is 31.1 Å². The standard InChI is InChI=1S/C64H114O6/c1-4-7-10-13-16-19-22-25-28-30-32-34-36-39-42-45-48-51-54-57-63(66)69-60-61(59-68-62(65)56-53-50-47-44-41-38-27-24-21-18-15-12-9-6-3)70-64(67)58-55-52-49-46-43-40-37-35-33-31-29-26-23-20-17-14-11-8-5-2/h16,19,25-26,28-29,32,34,39,42,61H,4-15,17-18,20-24,27,30-31,33,35-38,40-41,43-60H2,1-3H3/b19-16-,28-25-,29-26-,34-32-,42-39-/t61-/m1/s1. The zero-order valence-electron chi connectivity index (χ0n) is 46.5. The topological polar surface area (TPSA) is 78.9 Å². The molecule has 70 heavy (non-hydrogen) atoms. The van der Waals surface area contributed by atoms with Gasteiger partial charge in [-0.05, 0) is 89.9 Å². The van der Waals surface area contributed by atoms with Gasteiger partial charge in [0.1, 0.15) is 13.2 Å². The van der Waals surface area contributed by atoms with Crippen LogP contribution in [0.3, 0.4) is 0 Å². The van der Waals surface area contributed by atoms with Crippen LogP contribution in [-0.4, -0.2) is 37.2 Å². The second-order valence-corrected chi connectivity index (χ2v) is 20.3. The van der Waals surface area contributed by atoms with Gasteiger partial charge in [0.15, 0.2) is 6.10 Å². The van der Waals surface area contributed by atoms with Crippen LogP contribution in [0.4, 0.5) is 0 Å². The molecule has 0 aliphatic rings. The third-order valence-corrected chi connectivity index (χ3v) is 13.2. The molecule has 1 atom stereocenters. The summed E-state index contributed by atoms with van der Waals surface area (Å²) in [5, 5.41) is 0. The van der Waals surface area contributed by atoms with Gasteiger partial charge in [0, 0.05) is 19.3 Å². The Labute approximate surface area is 434 Å². The summed E-state index contributed by atoms with van der Waals surface area (Å²) in [4.78, 5) is 38.2. The number of carbonyl (C=O) groups is 3. The molecule has 0 heterocycles. The number of hydrogen-bond donors (Lipinski definition) is 0. The van der Waals surface area contributed by atoms with Gasteiger partial charge in [-0.25, -0.2) is 0 Å². The van der Waals surface area contributed by atoms with E-state index >= 15 is 0 Å². The van der Waals surface area contributed by atoms with Crippen LogP contribution in [0.25, 0.3) is 0 Å². The molecule has 0 N–H and O–H groups in total. The van der Waals surface area contributed by atoms with Gasteiger partial charge < -0.3 is 14.2 Å². The molecular formula is C64H114O6. The second-order valence-electron chi connectivity index (χ2n) is 20.3. The normalized spacial score (nSPS) is 12.4. The van der Waals surface area contributed by atoms with E-state index in [1.165, 1.54) is 186 Å². The minimum Gasteiger partial charge on any atom is -0.462 e. The zero-order chi connectivity index (χ0) is 50.7. The molecule has 6 heteroatoms. The predicted molar refractivity (Wildman–Crippen MR) is 302 cm³/mol. The molecule has 0 aliphatic carbocycles. The van der Waals surface area contributed by atoms with Crippen molar-refractivity contribution in [3.05, 3.63) is 60.8 Å². The summed E-state index contributed by atoms with van der Waals surface area (Å²) in [7, 11) is 0. The number of ether oxygens (including phenoxy) is 3. The summed E-state index contributed by atoms with van der Waals surface area (Å²) >= 11 is 0. The average Bonchev–Trinajstić information content (AvgIpc) is 3.36. The van der Waals surface area contributed by atoms with E-state index in [4.69, 9.17) is 14.2 Å². The summed E-state index contributed by atoms with van der Waals surface area (Å²) in [6.07, 6.45) is 73.5. The van der Waals surface area contributed by atoms with E-state index < -0.39 is 6.10 Å². The number of rotatable bonds is 55. The molecule has 0 aliphatic heterocycles. The highest BCUT2D eigenvalue weighted by Crippen LogP contribution is 2.16. The Hall–Kier alpha value is -2.89. The smallest absolute Gasteiger partial charge is 0.306 e. The maximum atomic E-state index is 12.9. The average molecular weight is 980 g/mol. The van der Waals surface area contributed by atoms with Crippen molar-refractivity contribution in [1.82, 2.24) is 0 Å². The third kappa shape index (κ3) is 56.0. The molecule has 0 spiro atoms.